The molecule has 15 heavy (non-hydrogen) atoms. The molecule has 2 atom stereocenters. The van der Waals surface area contributed by atoms with Gasteiger partial charge < -0.3 is 9.64 Å². The van der Waals surface area contributed by atoms with Gasteiger partial charge in [-0.05, 0) is 32.9 Å². The Bertz CT molecular complexity index is 242. The van der Waals surface area contributed by atoms with Crippen molar-refractivity contribution in [1.29, 1.82) is 0 Å². The average molecular weight is 213 g/mol. The fourth-order valence-electron chi connectivity index (χ4n) is 2.24. The minimum Gasteiger partial charge on any atom is -0.468 e. The molecular weight excluding hydrogens is 194 g/mol. The van der Waals surface area contributed by atoms with Crippen molar-refractivity contribution in [2.75, 3.05) is 27.7 Å². The van der Waals surface area contributed by atoms with Crippen molar-refractivity contribution in [3.8, 4) is 0 Å². The average Bonchev–Trinajstić information content (AvgIpc) is 2.16. The van der Waals surface area contributed by atoms with E-state index < -0.39 is 5.92 Å². The van der Waals surface area contributed by atoms with E-state index in [0.29, 0.717) is 6.42 Å². The van der Waals surface area contributed by atoms with E-state index in [1.165, 1.54) is 7.11 Å². The van der Waals surface area contributed by atoms with Crippen molar-refractivity contribution >= 4 is 11.8 Å². The standard InChI is InChI=1S/C11H19NO3/c1-12(2)7-8-5-4-6-9(13)10(8)11(14)15-3/h8,10H,4-7H2,1-3H3. The van der Waals surface area contributed by atoms with E-state index in [-0.39, 0.29) is 17.7 Å². The highest BCUT2D eigenvalue weighted by molar-refractivity contribution is 5.99. The van der Waals surface area contributed by atoms with Gasteiger partial charge in [0, 0.05) is 13.0 Å². The molecule has 0 aromatic rings. The molecule has 1 saturated carbocycles. The lowest BCUT2D eigenvalue weighted by Crippen LogP contribution is -2.40. The summed E-state index contributed by atoms with van der Waals surface area (Å²) in [5, 5.41) is 0. The molecule has 0 bridgehead atoms. The molecule has 4 nitrogen and oxygen atoms in total. The van der Waals surface area contributed by atoms with Crippen LogP contribution < -0.4 is 0 Å². The van der Waals surface area contributed by atoms with Crippen molar-refractivity contribution in [2.24, 2.45) is 11.8 Å². The third-order valence-corrected chi connectivity index (χ3v) is 2.87. The molecule has 1 aliphatic carbocycles. The molecule has 1 aliphatic rings. The fourth-order valence-corrected chi connectivity index (χ4v) is 2.24. The summed E-state index contributed by atoms with van der Waals surface area (Å²) in [5.41, 5.74) is 0. The van der Waals surface area contributed by atoms with Crippen molar-refractivity contribution in [1.82, 2.24) is 4.90 Å². The minimum atomic E-state index is -0.536. The molecule has 0 N–H and O–H groups in total. The van der Waals surface area contributed by atoms with Gasteiger partial charge in [0.1, 0.15) is 11.7 Å². The zero-order valence-electron chi connectivity index (χ0n) is 9.66. The van der Waals surface area contributed by atoms with Crippen LogP contribution in [0.4, 0.5) is 0 Å². The Morgan fingerprint density at radius 1 is 1.53 bits per heavy atom. The van der Waals surface area contributed by atoms with Gasteiger partial charge in [-0.15, -0.1) is 0 Å². The predicted molar refractivity (Wildman–Crippen MR) is 56.4 cm³/mol. The molecule has 4 heteroatoms. The Kier molecular flexibility index (Phi) is 4.27. The molecule has 2 unspecified atom stereocenters. The number of carbonyl (C=O) groups is 2. The van der Waals surface area contributed by atoms with E-state index in [1.807, 2.05) is 19.0 Å². The second kappa shape index (κ2) is 5.26. The number of hydrogen-bond acceptors (Lipinski definition) is 4. The quantitative estimate of drug-likeness (QED) is 0.511. The van der Waals surface area contributed by atoms with Crippen molar-refractivity contribution in [3.63, 3.8) is 0 Å². The highest BCUT2D eigenvalue weighted by Crippen LogP contribution is 2.28. The number of ether oxygens (including phenoxy) is 1. The van der Waals surface area contributed by atoms with Gasteiger partial charge in [-0.2, -0.15) is 0 Å². The summed E-state index contributed by atoms with van der Waals surface area (Å²) >= 11 is 0. The van der Waals surface area contributed by atoms with Crippen LogP contribution in [0.1, 0.15) is 19.3 Å². The summed E-state index contributed by atoms with van der Waals surface area (Å²) in [7, 11) is 5.25. The molecule has 0 spiro atoms. The summed E-state index contributed by atoms with van der Waals surface area (Å²) in [4.78, 5) is 25.2. The highest BCUT2D eigenvalue weighted by Gasteiger charge is 2.38. The second-order valence-corrected chi connectivity index (χ2v) is 4.38. The maximum atomic E-state index is 11.7. The number of Topliss-reactive ketones (excluding diaryl/α,β-unsaturated/α-hetero) is 1. The maximum absolute atomic E-state index is 11.7. The molecule has 0 aromatic carbocycles. The maximum Gasteiger partial charge on any atom is 0.316 e. The van der Waals surface area contributed by atoms with Crippen molar-refractivity contribution in [2.45, 2.75) is 19.3 Å². The van der Waals surface area contributed by atoms with Crippen LogP contribution in [-0.4, -0.2) is 44.4 Å². The zero-order chi connectivity index (χ0) is 11.4. The van der Waals surface area contributed by atoms with E-state index in [4.69, 9.17) is 4.74 Å². The first kappa shape index (κ1) is 12.2. The Labute approximate surface area is 90.6 Å². The molecule has 1 rings (SSSR count). The van der Waals surface area contributed by atoms with Gasteiger partial charge in [-0.3, -0.25) is 9.59 Å². The van der Waals surface area contributed by atoms with Crippen LogP contribution >= 0.6 is 0 Å². The molecule has 0 heterocycles. The monoisotopic (exact) mass is 213 g/mol. The second-order valence-electron chi connectivity index (χ2n) is 4.38. The SMILES string of the molecule is COC(=O)C1C(=O)CCCC1CN(C)C. The van der Waals surface area contributed by atoms with E-state index in [1.54, 1.807) is 0 Å². The number of ketones is 1. The third kappa shape index (κ3) is 3.02. The number of methoxy groups -OCH3 is 1. The normalized spacial score (nSPS) is 26.8. The van der Waals surface area contributed by atoms with Crippen LogP contribution in [0, 0.1) is 11.8 Å². The van der Waals surface area contributed by atoms with E-state index in [9.17, 15) is 9.59 Å². The Balaban J connectivity index is 2.72. The molecule has 86 valence electrons. The molecule has 0 amide bonds. The van der Waals surface area contributed by atoms with Crippen molar-refractivity contribution < 1.29 is 14.3 Å². The Morgan fingerprint density at radius 2 is 2.20 bits per heavy atom. The van der Waals surface area contributed by atoms with Crippen LogP contribution in [0.3, 0.4) is 0 Å². The Hall–Kier alpha value is -0.900. The first-order chi connectivity index (χ1) is 7.06. The third-order valence-electron chi connectivity index (χ3n) is 2.87. The van der Waals surface area contributed by atoms with Gasteiger partial charge in [0.05, 0.1) is 7.11 Å². The van der Waals surface area contributed by atoms with Gasteiger partial charge in [0.2, 0.25) is 0 Å². The lowest BCUT2D eigenvalue weighted by atomic mass is 9.78. The largest absolute Gasteiger partial charge is 0.468 e. The van der Waals surface area contributed by atoms with Crippen LogP contribution in [0.25, 0.3) is 0 Å². The number of carbonyl (C=O) groups excluding carboxylic acids is 2. The number of rotatable bonds is 3. The summed E-state index contributed by atoms with van der Waals surface area (Å²) in [6.45, 7) is 0.769. The fraction of sp³-hybridized carbons (Fsp3) is 0.818. The predicted octanol–water partition coefficient (Wildman–Crippen LogP) is 0.706. The van der Waals surface area contributed by atoms with Crippen LogP contribution in [0.5, 0.6) is 0 Å². The first-order valence-electron chi connectivity index (χ1n) is 5.31. The first-order valence-corrected chi connectivity index (χ1v) is 5.31. The molecule has 0 aliphatic heterocycles. The van der Waals surface area contributed by atoms with E-state index >= 15 is 0 Å². The Morgan fingerprint density at radius 3 is 2.73 bits per heavy atom. The van der Waals surface area contributed by atoms with E-state index in [0.717, 1.165) is 19.4 Å². The van der Waals surface area contributed by atoms with Gasteiger partial charge in [-0.1, -0.05) is 0 Å². The van der Waals surface area contributed by atoms with Crippen molar-refractivity contribution in [3.05, 3.63) is 0 Å². The van der Waals surface area contributed by atoms with Gasteiger partial charge >= 0.3 is 5.97 Å². The highest BCUT2D eigenvalue weighted by atomic mass is 16.5. The zero-order valence-corrected chi connectivity index (χ0v) is 9.66. The molecule has 0 saturated heterocycles. The summed E-state index contributed by atoms with van der Waals surface area (Å²) in [6, 6.07) is 0. The number of esters is 1. The van der Waals surface area contributed by atoms with Gasteiger partial charge in [0.25, 0.3) is 0 Å². The van der Waals surface area contributed by atoms with Gasteiger partial charge in [-0.25, -0.2) is 0 Å². The van der Waals surface area contributed by atoms with Crippen LogP contribution in [0.15, 0.2) is 0 Å². The van der Waals surface area contributed by atoms with E-state index in [2.05, 4.69) is 0 Å². The van der Waals surface area contributed by atoms with Gasteiger partial charge in [0.15, 0.2) is 0 Å². The summed E-state index contributed by atoms with van der Waals surface area (Å²) < 4.78 is 4.69. The topological polar surface area (TPSA) is 46.6 Å². The number of nitrogens with zero attached hydrogens (tertiary/aromatic N) is 1. The summed E-state index contributed by atoms with van der Waals surface area (Å²) in [6.07, 6.45) is 2.35. The van der Waals surface area contributed by atoms with Crippen LogP contribution in [0.2, 0.25) is 0 Å². The minimum absolute atomic E-state index is 0.0416. The molecule has 0 radical (unpaired) electrons. The molecule has 1 fully saturated rings. The lowest BCUT2D eigenvalue weighted by Gasteiger charge is -2.30. The lowest BCUT2D eigenvalue weighted by molar-refractivity contribution is -0.153. The van der Waals surface area contributed by atoms with Crippen LogP contribution in [-0.2, 0) is 14.3 Å². The number of hydrogen-bond donors (Lipinski definition) is 0. The smallest absolute Gasteiger partial charge is 0.316 e. The molecular formula is C11H19NO3. The summed E-state index contributed by atoms with van der Waals surface area (Å²) in [5.74, 6) is -0.744. The molecule has 0 aromatic heterocycles.